The van der Waals surface area contributed by atoms with E-state index in [1.54, 1.807) is 0 Å². The maximum absolute atomic E-state index is 12.4. The van der Waals surface area contributed by atoms with E-state index >= 15 is 0 Å². The molecule has 44 heavy (non-hydrogen) atoms. The fourth-order valence-corrected chi connectivity index (χ4v) is 6.66. The molecule has 23 heteroatoms. The van der Waals surface area contributed by atoms with Crippen molar-refractivity contribution in [3.8, 4) is 0 Å². The number of pyridine rings is 1. The van der Waals surface area contributed by atoms with Crippen LogP contribution >= 0.6 is 15.6 Å². The number of hydrogen-bond acceptors (Lipinski definition) is 17. The first-order chi connectivity index (χ1) is 20.7. The van der Waals surface area contributed by atoms with Crippen LogP contribution in [0.3, 0.4) is 0 Å². The summed E-state index contributed by atoms with van der Waals surface area (Å²) in [5.74, 6) is -0.780. The molecule has 1 amide bonds. The van der Waals surface area contributed by atoms with Gasteiger partial charge >= 0.3 is 7.82 Å². The number of nitrogens with zero attached hydrogens (tertiary/aromatic N) is 5. The topological polar surface area (TPSA) is 321 Å². The first-order valence-corrected chi connectivity index (χ1v) is 15.5. The number of rotatable bonds is 11. The summed E-state index contributed by atoms with van der Waals surface area (Å²) in [5.41, 5.74) is 11.5. The van der Waals surface area contributed by atoms with Crippen LogP contribution in [0.15, 0.2) is 37.2 Å². The maximum Gasteiger partial charge on any atom is 0.478 e. The van der Waals surface area contributed by atoms with E-state index in [0.29, 0.717) is 0 Å². The molecule has 2 aliphatic rings. The highest BCUT2D eigenvalue weighted by atomic mass is 31.3. The molecule has 2 fully saturated rings. The Morgan fingerprint density at radius 3 is 2.45 bits per heavy atom. The number of carbonyl (C=O) groups excluding carboxylic acids is 1. The summed E-state index contributed by atoms with van der Waals surface area (Å²) in [7, 11) is -11.1. The summed E-state index contributed by atoms with van der Waals surface area (Å²) in [6.45, 7) is -1.89. The number of nitrogens with two attached hydrogens (primary N) is 2. The van der Waals surface area contributed by atoms with E-state index in [1.807, 2.05) is 0 Å². The fourth-order valence-electron chi connectivity index (χ4n) is 4.60. The Labute approximate surface area is 246 Å². The van der Waals surface area contributed by atoms with Crippen LogP contribution < -0.4 is 20.9 Å². The molecule has 0 radical (unpaired) electrons. The van der Waals surface area contributed by atoms with Crippen molar-refractivity contribution in [3.63, 3.8) is 0 Å². The Kier molecular flexibility index (Phi) is 9.13. The van der Waals surface area contributed by atoms with Gasteiger partial charge < -0.3 is 55.7 Å². The van der Waals surface area contributed by atoms with Crippen LogP contribution in [0.1, 0.15) is 22.8 Å². The minimum Gasteiger partial charge on any atom is -0.756 e. The standard InChI is InChI=1S/C21H27N7O14P2/c22-17-12-19(25-7-24-17)26-8-28(12)21-16(32)14(30)11(41-21)6-39-44(36,37)42-43(34,35)38-5-10-13(29)15(31)20(40-10)27-3-1-2-9(4-27)18(23)33/h1-4,7-8,10-11,13-16,20-21,29-32H,5-6H2,(H5-,22,23,24,25,33,34,35,36,37)/t10-,11-,13-,14-,15-,16-,20-,21-/m1/s1. The molecular weight excluding hydrogens is 636 g/mol. The summed E-state index contributed by atoms with van der Waals surface area (Å²) in [6, 6.07) is 2.82. The third-order valence-corrected chi connectivity index (χ3v) is 9.31. The minimum absolute atomic E-state index is 0.00598. The third kappa shape index (κ3) is 6.65. The molecule has 5 heterocycles. The van der Waals surface area contributed by atoms with Gasteiger partial charge in [0.15, 0.2) is 36.2 Å². The average Bonchev–Trinajstić information content (AvgIpc) is 3.61. The van der Waals surface area contributed by atoms with Gasteiger partial charge in [-0.2, -0.15) is 4.57 Å². The number of aliphatic hydroxyl groups excluding tert-OH is 4. The van der Waals surface area contributed by atoms with E-state index in [0.717, 1.165) is 0 Å². The number of aliphatic hydroxyl groups is 4. The lowest BCUT2D eigenvalue weighted by Crippen LogP contribution is -2.46. The number of amides is 1. The smallest absolute Gasteiger partial charge is 0.478 e. The van der Waals surface area contributed by atoms with E-state index < -0.39 is 83.8 Å². The van der Waals surface area contributed by atoms with Gasteiger partial charge in [-0.1, -0.05) is 0 Å². The predicted molar refractivity (Wildman–Crippen MR) is 137 cm³/mol. The van der Waals surface area contributed by atoms with Crippen LogP contribution in [0, 0.1) is 0 Å². The zero-order valence-electron chi connectivity index (χ0n) is 22.2. The highest BCUT2D eigenvalue weighted by Gasteiger charge is 2.49. The second-order valence-corrected chi connectivity index (χ2v) is 12.7. The van der Waals surface area contributed by atoms with Gasteiger partial charge in [0.2, 0.25) is 0 Å². The quantitative estimate of drug-likeness (QED) is 0.0768. The second kappa shape index (κ2) is 12.4. The van der Waals surface area contributed by atoms with Crippen molar-refractivity contribution in [1.29, 1.82) is 0 Å². The van der Waals surface area contributed by atoms with E-state index in [2.05, 4.69) is 28.3 Å². The Morgan fingerprint density at radius 1 is 1.05 bits per heavy atom. The van der Waals surface area contributed by atoms with E-state index in [-0.39, 0.29) is 22.5 Å². The number of anilines is 1. The molecule has 2 aliphatic heterocycles. The molecule has 3 aromatic heterocycles. The Morgan fingerprint density at radius 2 is 1.73 bits per heavy atom. The number of aromatic nitrogens is 5. The van der Waals surface area contributed by atoms with Crippen LogP contribution in [-0.2, 0) is 32.0 Å². The Hall–Kier alpha value is -3.01. The highest BCUT2D eigenvalue weighted by Crippen LogP contribution is 2.58. The van der Waals surface area contributed by atoms with E-state index in [4.69, 9.17) is 20.9 Å². The molecule has 2 unspecified atom stereocenters. The number of nitrogen functional groups attached to an aromatic ring is 1. The van der Waals surface area contributed by atoms with Crippen LogP contribution in [0.4, 0.5) is 5.82 Å². The van der Waals surface area contributed by atoms with Crippen molar-refractivity contribution < 1.29 is 71.5 Å². The number of phosphoric ester groups is 2. The number of fused-ring (bicyclic) bond motifs is 1. The monoisotopic (exact) mass is 663 g/mol. The van der Waals surface area contributed by atoms with Crippen molar-refractivity contribution in [3.05, 3.63) is 42.7 Å². The first-order valence-electron chi connectivity index (χ1n) is 12.6. The van der Waals surface area contributed by atoms with Gasteiger partial charge in [0.05, 0.1) is 13.2 Å². The molecule has 21 nitrogen and oxygen atoms in total. The van der Waals surface area contributed by atoms with E-state index in [1.165, 1.54) is 46.3 Å². The summed E-state index contributed by atoms with van der Waals surface area (Å²) in [6.07, 6.45) is -7.07. The van der Waals surface area contributed by atoms with Crippen molar-refractivity contribution in [1.82, 2.24) is 19.5 Å². The molecule has 0 aromatic carbocycles. The largest absolute Gasteiger partial charge is 0.756 e. The van der Waals surface area contributed by atoms with Gasteiger partial charge in [-0.3, -0.25) is 18.5 Å². The normalized spacial score (nSPS) is 31.6. The van der Waals surface area contributed by atoms with Crippen molar-refractivity contribution >= 4 is 38.5 Å². The summed E-state index contributed by atoms with van der Waals surface area (Å²) >= 11 is 0. The van der Waals surface area contributed by atoms with Crippen LogP contribution in [-0.4, -0.2) is 101 Å². The number of phosphoric acid groups is 2. The number of hydrogen-bond donors (Lipinski definition) is 7. The molecule has 240 valence electrons. The number of ether oxygens (including phenoxy) is 2. The molecule has 0 aliphatic carbocycles. The Balaban J connectivity index is 1.16. The molecule has 0 bridgehead atoms. The third-order valence-electron chi connectivity index (χ3n) is 6.75. The molecule has 0 spiro atoms. The number of carbonyl (C=O) groups is 1. The zero-order valence-corrected chi connectivity index (χ0v) is 24.0. The van der Waals surface area contributed by atoms with Crippen LogP contribution in [0.25, 0.3) is 11.2 Å². The molecule has 5 rings (SSSR count). The molecule has 9 N–H and O–H groups in total. The lowest BCUT2D eigenvalue weighted by Gasteiger charge is -2.26. The maximum atomic E-state index is 12.4. The average molecular weight is 663 g/mol. The number of imidazole rings is 1. The highest BCUT2D eigenvalue weighted by molar-refractivity contribution is 7.60. The minimum atomic E-state index is -5.62. The van der Waals surface area contributed by atoms with Crippen LogP contribution in [0.5, 0.6) is 0 Å². The Bertz CT molecular complexity index is 1630. The van der Waals surface area contributed by atoms with Gasteiger partial charge in [0.1, 0.15) is 54.3 Å². The van der Waals surface area contributed by atoms with E-state index in [9.17, 15) is 44.1 Å². The lowest BCUT2D eigenvalue weighted by atomic mass is 10.1. The molecular formula is C21H27N7O14P2. The lowest BCUT2D eigenvalue weighted by molar-refractivity contribution is -0.765. The molecule has 0 saturated carbocycles. The SMILES string of the molecule is NC(=O)c1ccc[n+]([C@@H]2O[C@H](COP(=O)([O-])OP(=O)(O)OC[C@H]3O[C@@H](n4cnc5ncnc(N)c54)[C@H](O)[C@@H]3O)[C@@H](O)[C@H]2O)c1. The summed E-state index contributed by atoms with van der Waals surface area (Å²) in [5, 5.41) is 41.6. The van der Waals surface area contributed by atoms with Gasteiger partial charge in [-0.05, 0) is 6.07 Å². The predicted octanol–water partition coefficient (Wildman–Crippen LogP) is -3.65. The van der Waals surface area contributed by atoms with Crippen LogP contribution in [0.2, 0.25) is 0 Å². The molecule has 2 saturated heterocycles. The van der Waals surface area contributed by atoms with Crippen molar-refractivity contribution in [2.45, 2.75) is 49.1 Å². The summed E-state index contributed by atoms with van der Waals surface area (Å²) in [4.78, 5) is 45.5. The molecule has 10 atom stereocenters. The number of primary amides is 1. The molecule has 3 aromatic rings. The second-order valence-electron chi connectivity index (χ2n) is 9.67. The van der Waals surface area contributed by atoms with Gasteiger partial charge in [0.25, 0.3) is 20.0 Å². The first kappa shape index (κ1) is 32.4. The van der Waals surface area contributed by atoms with Gasteiger partial charge in [-0.25, -0.2) is 23.8 Å². The van der Waals surface area contributed by atoms with Crippen molar-refractivity contribution in [2.75, 3.05) is 18.9 Å². The van der Waals surface area contributed by atoms with Gasteiger partial charge in [-0.15, -0.1) is 0 Å². The summed E-state index contributed by atoms with van der Waals surface area (Å²) < 4.78 is 51.5. The fraction of sp³-hybridized carbons (Fsp3) is 0.476. The van der Waals surface area contributed by atoms with Gasteiger partial charge in [0, 0.05) is 6.07 Å². The van der Waals surface area contributed by atoms with Crippen molar-refractivity contribution in [2.24, 2.45) is 5.73 Å². The zero-order chi connectivity index (χ0) is 32.0.